The normalized spacial score (nSPS) is 12.3. The van der Waals surface area contributed by atoms with Crippen molar-refractivity contribution < 1.29 is 14.3 Å². The Hall–Kier alpha value is -3.45. The lowest BCUT2D eigenvalue weighted by molar-refractivity contribution is -0.123. The molecule has 0 bridgehead atoms. The zero-order valence-electron chi connectivity index (χ0n) is 16.6. The smallest absolute Gasteiger partial charge is 0.277 e. The zero-order chi connectivity index (χ0) is 20.9. The lowest BCUT2D eigenvalue weighted by atomic mass is 10.1. The van der Waals surface area contributed by atoms with Crippen molar-refractivity contribution >= 4 is 34.8 Å². The number of hydrazone groups is 1. The van der Waals surface area contributed by atoms with E-state index in [9.17, 15) is 4.79 Å². The highest BCUT2D eigenvalue weighted by atomic mass is 32.2. The summed E-state index contributed by atoms with van der Waals surface area (Å²) in [6.07, 6.45) is 0. The van der Waals surface area contributed by atoms with Crippen molar-refractivity contribution in [2.75, 3.05) is 19.0 Å². The first-order valence-corrected chi connectivity index (χ1v) is 10.2. The Labute approximate surface area is 179 Å². The SMILES string of the molecule is COc1ccc(OCC(=O)NN=C(C)c2ccc3c(c2)Nc2ccccc2S3)cc1. The molecule has 0 saturated carbocycles. The number of para-hydroxylation sites is 1. The molecule has 1 aliphatic heterocycles. The van der Waals surface area contributed by atoms with E-state index in [4.69, 9.17) is 9.47 Å². The molecule has 0 aromatic heterocycles. The third-order valence-corrected chi connectivity index (χ3v) is 5.70. The molecule has 0 radical (unpaired) electrons. The molecule has 0 spiro atoms. The number of carbonyl (C=O) groups is 1. The van der Waals surface area contributed by atoms with Crippen LogP contribution in [-0.4, -0.2) is 25.3 Å². The van der Waals surface area contributed by atoms with Crippen molar-refractivity contribution in [3.63, 3.8) is 0 Å². The number of nitrogens with one attached hydrogen (secondary N) is 2. The van der Waals surface area contributed by atoms with Gasteiger partial charge in [0.1, 0.15) is 11.5 Å². The number of benzene rings is 3. The Morgan fingerprint density at radius 1 is 1.00 bits per heavy atom. The van der Waals surface area contributed by atoms with E-state index in [-0.39, 0.29) is 12.5 Å². The maximum absolute atomic E-state index is 12.1. The van der Waals surface area contributed by atoms with E-state index in [1.54, 1.807) is 43.1 Å². The standard InChI is InChI=1S/C23H21N3O3S/c1-15(25-26-23(27)14-29-18-10-8-17(28-2)9-11-18)16-7-12-22-20(13-16)24-19-5-3-4-6-21(19)30-22/h3-13,24H,14H2,1-2H3,(H,26,27). The average Bonchev–Trinajstić information content (AvgIpc) is 2.79. The summed E-state index contributed by atoms with van der Waals surface area (Å²) < 4.78 is 10.6. The molecule has 0 saturated heterocycles. The Morgan fingerprint density at radius 3 is 2.53 bits per heavy atom. The summed E-state index contributed by atoms with van der Waals surface area (Å²) in [5.41, 5.74) is 6.30. The second-order valence-corrected chi connectivity index (χ2v) is 7.71. The Balaban J connectivity index is 1.36. The van der Waals surface area contributed by atoms with Gasteiger partial charge in [-0.25, -0.2) is 5.43 Å². The molecule has 152 valence electrons. The maximum Gasteiger partial charge on any atom is 0.277 e. The Bertz CT molecular complexity index is 1100. The molecule has 0 unspecified atom stereocenters. The van der Waals surface area contributed by atoms with E-state index in [0.29, 0.717) is 11.5 Å². The van der Waals surface area contributed by atoms with Crippen LogP contribution in [0, 0.1) is 0 Å². The summed E-state index contributed by atoms with van der Waals surface area (Å²) in [5.74, 6) is 0.990. The number of hydrogen-bond acceptors (Lipinski definition) is 6. The minimum Gasteiger partial charge on any atom is -0.497 e. The van der Waals surface area contributed by atoms with Gasteiger partial charge in [-0.05, 0) is 61.0 Å². The molecule has 6 nitrogen and oxygen atoms in total. The quantitative estimate of drug-likeness (QED) is 0.346. The van der Waals surface area contributed by atoms with E-state index in [2.05, 4.69) is 34.0 Å². The molecule has 0 fully saturated rings. The monoisotopic (exact) mass is 419 g/mol. The van der Waals surface area contributed by atoms with Gasteiger partial charge in [0, 0.05) is 9.79 Å². The molecule has 0 atom stereocenters. The molecule has 1 heterocycles. The number of methoxy groups -OCH3 is 1. The van der Waals surface area contributed by atoms with Crippen molar-refractivity contribution in [2.24, 2.45) is 5.10 Å². The summed E-state index contributed by atoms with van der Waals surface area (Å²) in [7, 11) is 1.60. The number of fused-ring (bicyclic) bond motifs is 2. The van der Waals surface area contributed by atoms with Gasteiger partial charge in [-0.15, -0.1) is 0 Å². The van der Waals surface area contributed by atoms with Crippen molar-refractivity contribution in [1.82, 2.24) is 5.43 Å². The minimum atomic E-state index is -0.328. The largest absolute Gasteiger partial charge is 0.497 e. The van der Waals surface area contributed by atoms with Crippen LogP contribution < -0.4 is 20.2 Å². The Morgan fingerprint density at radius 2 is 1.73 bits per heavy atom. The fraction of sp³-hybridized carbons (Fsp3) is 0.130. The summed E-state index contributed by atoms with van der Waals surface area (Å²) >= 11 is 1.73. The summed E-state index contributed by atoms with van der Waals surface area (Å²) in [6.45, 7) is 1.73. The predicted molar refractivity (Wildman–Crippen MR) is 119 cm³/mol. The van der Waals surface area contributed by atoms with E-state index in [1.165, 1.54) is 4.90 Å². The van der Waals surface area contributed by atoms with Crippen LogP contribution in [0.1, 0.15) is 12.5 Å². The third-order valence-electron chi connectivity index (χ3n) is 4.55. The summed E-state index contributed by atoms with van der Waals surface area (Å²) in [5, 5.41) is 7.66. The average molecular weight is 420 g/mol. The maximum atomic E-state index is 12.1. The number of nitrogens with zero attached hydrogens (tertiary/aromatic N) is 1. The topological polar surface area (TPSA) is 72.0 Å². The summed E-state index contributed by atoms with van der Waals surface area (Å²) in [6, 6.07) is 21.3. The lowest BCUT2D eigenvalue weighted by Crippen LogP contribution is -2.25. The first-order chi connectivity index (χ1) is 14.6. The van der Waals surface area contributed by atoms with Gasteiger partial charge in [0.2, 0.25) is 0 Å². The van der Waals surface area contributed by atoms with Crippen molar-refractivity contribution in [3.05, 3.63) is 72.3 Å². The van der Waals surface area contributed by atoms with Crippen molar-refractivity contribution in [1.29, 1.82) is 0 Å². The predicted octanol–water partition coefficient (Wildman–Crippen LogP) is 4.82. The Kier molecular flexibility index (Phi) is 5.90. The molecule has 7 heteroatoms. The van der Waals surface area contributed by atoms with Crippen LogP contribution in [0.2, 0.25) is 0 Å². The highest BCUT2D eigenvalue weighted by Gasteiger charge is 2.16. The van der Waals surface area contributed by atoms with Gasteiger partial charge in [0.05, 0.1) is 24.2 Å². The van der Waals surface area contributed by atoms with Crippen LogP contribution in [-0.2, 0) is 4.79 Å². The van der Waals surface area contributed by atoms with E-state index < -0.39 is 0 Å². The molecule has 4 rings (SSSR count). The van der Waals surface area contributed by atoms with E-state index >= 15 is 0 Å². The van der Waals surface area contributed by atoms with Crippen LogP contribution in [0.25, 0.3) is 0 Å². The van der Waals surface area contributed by atoms with Crippen molar-refractivity contribution in [3.8, 4) is 11.5 Å². The highest BCUT2D eigenvalue weighted by molar-refractivity contribution is 7.99. The van der Waals surface area contributed by atoms with Crippen LogP contribution >= 0.6 is 11.8 Å². The van der Waals surface area contributed by atoms with Gasteiger partial charge in [-0.3, -0.25) is 4.79 Å². The van der Waals surface area contributed by atoms with Gasteiger partial charge >= 0.3 is 0 Å². The number of ether oxygens (including phenoxy) is 2. The molecule has 1 aliphatic rings. The zero-order valence-corrected chi connectivity index (χ0v) is 17.5. The third kappa shape index (κ3) is 4.58. The minimum absolute atomic E-state index is 0.123. The summed E-state index contributed by atoms with van der Waals surface area (Å²) in [4.78, 5) is 14.4. The molecule has 3 aromatic carbocycles. The second kappa shape index (κ2) is 8.92. The highest BCUT2D eigenvalue weighted by Crippen LogP contribution is 2.44. The molecular weight excluding hydrogens is 398 g/mol. The first-order valence-electron chi connectivity index (χ1n) is 9.41. The van der Waals surface area contributed by atoms with Gasteiger partial charge < -0.3 is 14.8 Å². The lowest BCUT2D eigenvalue weighted by Gasteiger charge is -2.21. The van der Waals surface area contributed by atoms with E-state index in [1.807, 2.05) is 31.2 Å². The number of rotatable bonds is 6. The number of anilines is 2. The van der Waals surface area contributed by atoms with Crippen LogP contribution in [0.4, 0.5) is 11.4 Å². The van der Waals surface area contributed by atoms with E-state index in [0.717, 1.165) is 27.6 Å². The molecule has 3 aromatic rings. The van der Waals surface area contributed by atoms with Gasteiger partial charge in [-0.1, -0.05) is 30.0 Å². The van der Waals surface area contributed by atoms with Crippen LogP contribution in [0.5, 0.6) is 11.5 Å². The molecule has 30 heavy (non-hydrogen) atoms. The van der Waals surface area contributed by atoms with Gasteiger partial charge in [0.15, 0.2) is 6.61 Å². The molecular formula is C23H21N3O3S. The number of carbonyl (C=O) groups excluding carboxylic acids is 1. The first kappa shape index (κ1) is 19.8. The molecule has 1 amide bonds. The number of amides is 1. The number of hydrogen-bond donors (Lipinski definition) is 2. The van der Waals surface area contributed by atoms with Gasteiger partial charge in [-0.2, -0.15) is 5.10 Å². The van der Waals surface area contributed by atoms with Crippen LogP contribution in [0.15, 0.2) is 81.6 Å². The van der Waals surface area contributed by atoms with Crippen LogP contribution in [0.3, 0.4) is 0 Å². The fourth-order valence-corrected chi connectivity index (χ4v) is 3.90. The van der Waals surface area contributed by atoms with Crippen molar-refractivity contribution in [2.45, 2.75) is 16.7 Å². The fourth-order valence-electron chi connectivity index (χ4n) is 2.93. The molecule has 2 N–H and O–H groups in total. The second-order valence-electron chi connectivity index (χ2n) is 6.63. The molecule has 0 aliphatic carbocycles. The van der Waals surface area contributed by atoms with Gasteiger partial charge in [0.25, 0.3) is 5.91 Å².